The number of halogens is 1. The number of rotatable bonds is 3. The maximum atomic E-state index is 12.7. The maximum absolute atomic E-state index is 12.7. The Labute approximate surface area is 139 Å². The summed E-state index contributed by atoms with van der Waals surface area (Å²) in [5, 5.41) is 0.636. The second-order valence-corrected chi connectivity index (χ2v) is 5.53. The van der Waals surface area contributed by atoms with Crippen molar-refractivity contribution in [2.75, 3.05) is 17.2 Å². The monoisotopic (exact) mass is 326 g/mol. The summed E-state index contributed by atoms with van der Waals surface area (Å²) in [6.07, 6.45) is 3.35. The smallest absolute Gasteiger partial charge is 0.294 e. The highest BCUT2D eigenvalue weighted by molar-refractivity contribution is 6.30. The van der Waals surface area contributed by atoms with E-state index in [4.69, 9.17) is 22.1 Å². The van der Waals surface area contributed by atoms with Gasteiger partial charge in [-0.3, -0.25) is 9.69 Å². The van der Waals surface area contributed by atoms with Crippen molar-refractivity contribution < 1.29 is 9.53 Å². The number of anilines is 2. The van der Waals surface area contributed by atoms with Crippen LogP contribution in [0.25, 0.3) is 6.08 Å². The third kappa shape index (κ3) is 3.07. The van der Waals surface area contributed by atoms with Crippen molar-refractivity contribution in [1.29, 1.82) is 0 Å². The van der Waals surface area contributed by atoms with Gasteiger partial charge in [0.2, 0.25) is 0 Å². The molecule has 23 heavy (non-hydrogen) atoms. The lowest BCUT2D eigenvalue weighted by atomic mass is 10.1. The Morgan fingerprint density at radius 2 is 1.96 bits per heavy atom. The average Bonchev–Trinajstić information content (AvgIpc) is 2.54. The molecule has 2 N–H and O–H groups in total. The molecule has 2 aromatic rings. The number of carbonyl (C=O) groups is 1. The molecule has 1 aliphatic rings. The first kappa shape index (κ1) is 15.2. The van der Waals surface area contributed by atoms with E-state index in [0.717, 1.165) is 5.56 Å². The predicted molar refractivity (Wildman–Crippen MR) is 93.5 cm³/mol. The quantitative estimate of drug-likeness (QED) is 0.529. The summed E-state index contributed by atoms with van der Waals surface area (Å²) < 4.78 is 5.76. The number of nitrogens with zero attached hydrogens (tertiary/aromatic N) is 1. The van der Waals surface area contributed by atoms with Crippen molar-refractivity contribution >= 4 is 35.0 Å². The van der Waals surface area contributed by atoms with Crippen LogP contribution < -0.4 is 15.4 Å². The molecule has 0 radical (unpaired) electrons. The number of nitrogens with two attached hydrogens (primary N) is 1. The zero-order chi connectivity index (χ0) is 16.4. The van der Waals surface area contributed by atoms with Crippen LogP contribution in [0.4, 0.5) is 11.4 Å². The number of ether oxygens (including phenoxy) is 1. The van der Waals surface area contributed by atoms with Crippen molar-refractivity contribution in [3.63, 3.8) is 0 Å². The van der Waals surface area contributed by atoms with Gasteiger partial charge in [-0.25, -0.2) is 0 Å². The zero-order valence-electron chi connectivity index (χ0n) is 12.3. The molecule has 0 unspecified atom stereocenters. The van der Waals surface area contributed by atoms with Gasteiger partial charge in [0.05, 0.1) is 5.69 Å². The SMILES string of the molecule is C=CCN1C(=O)/C(=C\c2ccc(Cl)cc2)Oc2ccc(N)cc21. The lowest BCUT2D eigenvalue weighted by Crippen LogP contribution is -2.37. The fourth-order valence-corrected chi connectivity index (χ4v) is 2.47. The van der Waals surface area contributed by atoms with Crippen molar-refractivity contribution in [3.8, 4) is 5.75 Å². The van der Waals surface area contributed by atoms with Crippen molar-refractivity contribution in [2.24, 2.45) is 0 Å². The van der Waals surface area contributed by atoms with E-state index >= 15 is 0 Å². The summed E-state index contributed by atoms with van der Waals surface area (Å²) in [6, 6.07) is 12.4. The normalized spacial score (nSPS) is 15.3. The molecular weight excluding hydrogens is 312 g/mol. The van der Waals surface area contributed by atoms with Gasteiger partial charge in [0.1, 0.15) is 0 Å². The van der Waals surface area contributed by atoms with E-state index in [-0.39, 0.29) is 11.7 Å². The number of hydrogen-bond acceptors (Lipinski definition) is 3. The van der Waals surface area contributed by atoms with Crippen LogP contribution >= 0.6 is 11.6 Å². The number of nitrogen functional groups attached to an aromatic ring is 1. The fourth-order valence-electron chi connectivity index (χ4n) is 2.35. The Hall–Kier alpha value is -2.72. The molecule has 3 rings (SSSR count). The van der Waals surface area contributed by atoms with Crippen molar-refractivity contribution in [2.45, 2.75) is 0 Å². The van der Waals surface area contributed by atoms with E-state index in [2.05, 4.69) is 6.58 Å². The minimum Gasteiger partial charge on any atom is -0.449 e. The van der Waals surface area contributed by atoms with Crippen LogP contribution in [0.15, 0.2) is 60.9 Å². The minimum atomic E-state index is -0.238. The molecule has 0 aliphatic carbocycles. The number of benzene rings is 2. The molecule has 116 valence electrons. The van der Waals surface area contributed by atoms with E-state index in [1.807, 2.05) is 12.1 Å². The van der Waals surface area contributed by atoms with Gasteiger partial charge in [0.25, 0.3) is 5.91 Å². The third-order valence-electron chi connectivity index (χ3n) is 3.43. The summed E-state index contributed by atoms with van der Waals surface area (Å²) in [5.74, 6) is 0.588. The van der Waals surface area contributed by atoms with Gasteiger partial charge in [-0.05, 0) is 42.0 Å². The van der Waals surface area contributed by atoms with Crippen LogP contribution in [0.1, 0.15) is 5.56 Å². The lowest BCUT2D eigenvalue weighted by molar-refractivity contribution is -0.117. The molecule has 0 spiro atoms. The van der Waals surface area contributed by atoms with Crippen LogP contribution in [0, 0.1) is 0 Å². The van der Waals surface area contributed by atoms with Crippen LogP contribution in [0.3, 0.4) is 0 Å². The van der Waals surface area contributed by atoms with Gasteiger partial charge in [-0.15, -0.1) is 6.58 Å². The number of carbonyl (C=O) groups excluding carboxylic acids is 1. The first-order valence-electron chi connectivity index (χ1n) is 7.06. The molecule has 0 fully saturated rings. The topological polar surface area (TPSA) is 55.6 Å². The minimum absolute atomic E-state index is 0.238. The van der Waals surface area contributed by atoms with Gasteiger partial charge in [0.15, 0.2) is 11.5 Å². The van der Waals surface area contributed by atoms with E-state index < -0.39 is 0 Å². The molecule has 2 aromatic carbocycles. The summed E-state index contributed by atoms with van der Waals surface area (Å²) in [7, 11) is 0. The molecule has 1 heterocycles. The van der Waals surface area contributed by atoms with Crippen LogP contribution in [0.5, 0.6) is 5.75 Å². The van der Waals surface area contributed by atoms with E-state index in [1.165, 1.54) is 0 Å². The second kappa shape index (κ2) is 6.18. The van der Waals surface area contributed by atoms with Crippen molar-refractivity contribution in [1.82, 2.24) is 0 Å². The molecule has 1 aliphatic heterocycles. The molecule has 4 nitrogen and oxygen atoms in total. The fraction of sp³-hybridized carbons (Fsp3) is 0.0556. The first-order valence-corrected chi connectivity index (χ1v) is 7.43. The summed E-state index contributed by atoms with van der Waals surface area (Å²) in [4.78, 5) is 14.3. The van der Waals surface area contributed by atoms with Gasteiger partial charge in [0, 0.05) is 17.3 Å². The van der Waals surface area contributed by atoms with Crippen LogP contribution in [-0.4, -0.2) is 12.5 Å². The van der Waals surface area contributed by atoms with Gasteiger partial charge < -0.3 is 10.5 Å². The van der Waals surface area contributed by atoms with Gasteiger partial charge in [-0.2, -0.15) is 0 Å². The Kier molecular flexibility index (Phi) is 4.08. The molecule has 0 atom stereocenters. The van der Waals surface area contributed by atoms with Crippen molar-refractivity contribution in [3.05, 3.63) is 71.5 Å². The molecule has 1 amide bonds. The molecule has 0 bridgehead atoms. The molecule has 0 aromatic heterocycles. The predicted octanol–water partition coefficient (Wildman–Crippen LogP) is 3.87. The average molecular weight is 327 g/mol. The maximum Gasteiger partial charge on any atom is 0.294 e. The third-order valence-corrected chi connectivity index (χ3v) is 3.68. The Morgan fingerprint density at radius 1 is 1.22 bits per heavy atom. The summed E-state index contributed by atoms with van der Waals surface area (Å²) >= 11 is 5.88. The highest BCUT2D eigenvalue weighted by Gasteiger charge is 2.29. The number of hydrogen-bond donors (Lipinski definition) is 1. The molecule has 0 saturated carbocycles. The Bertz CT molecular complexity index is 797. The molecule has 0 saturated heterocycles. The number of fused-ring (bicyclic) bond motifs is 1. The van der Waals surface area contributed by atoms with Gasteiger partial charge >= 0.3 is 0 Å². The molecule has 5 heteroatoms. The summed E-state index contributed by atoms with van der Waals surface area (Å²) in [6.45, 7) is 4.07. The Morgan fingerprint density at radius 3 is 2.65 bits per heavy atom. The standard InChI is InChI=1S/C18H15ClN2O2/c1-2-9-21-15-11-14(20)7-8-16(15)23-17(18(21)22)10-12-3-5-13(19)6-4-12/h2-8,10-11H,1,9,20H2/b17-10+. The van der Waals surface area contributed by atoms with Crippen LogP contribution in [-0.2, 0) is 4.79 Å². The lowest BCUT2D eigenvalue weighted by Gasteiger charge is -2.30. The molecular formula is C18H15ClN2O2. The largest absolute Gasteiger partial charge is 0.449 e. The first-order chi connectivity index (χ1) is 11.1. The number of amides is 1. The second-order valence-electron chi connectivity index (χ2n) is 5.09. The van der Waals surface area contributed by atoms with E-state index in [1.54, 1.807) is 47.4 Å². The highest BCUT2D eigenvalue weighted by atomic mass is 35.5. The highest BCUT2D eigenvalue weighted by Crippen LogP contribution is 2.37. The summed E-state index contributed by atoms with van der Waals surface area (Å²) in [5.41, 5.74) is 7.85. The van der Waals surface area contributed by atoms with Gasteiger partial charge in [-0.1, -0.05) is 29.8 Å². The Balaban J connectivity index is 2.03. The van der Waals surface area contributed by atoms with E-state index in [0.29, 0.717) is 28.7 Å². The zero-order valence-corrected chi connectivity index (χ0v) is 13.1. The van der Waals surface area contributed by atoms with E-state index in [9.17, 15) is 4.79 Å². The van der Waals surface area contributed by atoms with Crippen LogP contribution in [0.2, 0.25) is 5.02 Å².